The SMILES string of the molecule is CC(C)c1ccc(CN(C)C(=O)NCCc2nc(C(C)(C)C)cs2)cc1. The van der Waals surface area contributed by atoms with Crippen LogP contribution in [0.15, 0.2) is 29.6 Å². The van der Waals surface area contributed by atoms with Gasteiger partial charge in [0.1, 0.15) is 0 Å². The molecule has 0 aliphatic heterocycles. The van der Waals surface area contributed by atoms with E-state index >= 15 is 0 Å². The van der Waals surface area contributed by atoms with Crippen molar-refractivity contribution < 1.29 is 4.79 Å². The summed E-state index contributed by atoms with van der Waals surface area (Å²) in [7, 11) is 1.83. The second kappa shape index (κ2) is 8.67. The lowest BCUT2D eigenvalue weighted by molar-refractivity contribution is 0.207. The van der Waals surface area contributed by atoms with E-state index in [9.17, 15) is 4.79 Å². The number of nitrogens with zero attached hydrogens (tertiary/aromatic N) is 2. The molecule has 142 valence electrons. The van der Waals surface area contributed by atoms with Crippen molar-refractivity contribution in [3.05, 3.63) is 51.5 Å². The molecule has 2 rings (SSSR count). The van der Waals surface area contributed by atoms with Gasteiger partial charge in [0.2, 0.25) is 0 Å². The van der Waals surface area contributed by atoms with Crippen LogP contribution in [0, 0.1) is 0 Å². The third-order valence-electron chi connectivity index (χ3n) is 4.35. The van der Waals surface area contributed by atoms with Gasteiger partial charge in [0.15, 0.2) is 0 Å². The van der Waals surface area contributed by atoms with Gasteiger partial charge in [-0.25, -0.2) is 9.78 Å². The largest absolute Gasteiger partial charge is 0.338 e. The first-order valence-electron chi connectivity index (χ1n) is 9.19. The molecule has 0 aliphatic rings. The minimum atomic E-state index is -0.0504. The molecule has 0 radical (unpaired) electrons. The van der Waals surface area contributed by atoms with Gasteiger partial charge in [0, 0.05) is 37.4 Å². The molecule has 0 bridgehead atoms. The minimum Gasteiger partial charge on any atom is -0.338 e. The molecule has 0 saturated carbocycles. The predicted molar refractivity (Wildman–Crippen MR) is 110 cm³/mol. The van der Waals surface area contributed by atoms with E-state index in [1.807, 2.05) is 7.05 Å². The van der Waals surface area contributed by atoms with E-state index in [0.717, 1.165) is 22.7 Å². The van der Waals surface area contributed by atoms with Crippen LogP contribution in [0.5, 0.6) is 0 Å². The lowest BCUT2D eigenvalue weighted by Gasteiger charge is -2.18. The zero-order valence-electron chi connectivity index (χ0n) is 16.8. The third kappa shape index (κ3) is 5.84. The van der Waals surface area contributed by atoms with Crippen molar-refractivity contribution in [1.82, 2.24) is 15.2 Å². The van der Waals surface area contributed by atoms with Gasteiger partial charge in [0.05, 0.1) is 10.7 Å². The number of hydrogen-bond donors (Lipinski definition) is 1. The Labute approximate surface area is 161 Å². The summed E-state index contributed by atoms with van der Waals surface area (Å²) in [5.74, 6) is 0.523. The van der Waals surface area contributed by atoms with E-state index in [1.54, 1.807) is 16.2 Å². The van der Waals surface area contributed by atoms with E-state index in [2.05, 4.69) is 74.6 Å². The fraction of sp³-hybridized carbons (Fsp3) is 0.524. The van der Waals surface area contributed by atoms with Crippen molar-refractivity contribution in [3.8, 4) is 0 Å². The number of rotatable bonds is 6. The fourth-order valence-corrected chi connectivity index (χ4v) is 3.56. The molecule has 0 saturated heterocycles. The maximum absolute atomic E-state index is 12.3. The highest BCUT2D eigenvalue weighted by Gasteiger charge is 2.17. The molecule has 0 spiro atoms. The summed E-state index contributed by atoms with van der Waals surface area (Å²) in [5, 5.41) is 6.17. The van der Waals surface area contributed by atoms with Gasteiger partial charge in [-0.2, -0.15) is 0 Å². The first kappa shape index (κ1) is 20.4. The van der Waals surface area contributed by atoms with Crippen LogP contribution in [0.2, 0.25) is 0 Å². The number of carbonyl (C=O) groups is 1. The lowest BCUT2D eigenvalue weighted by atomic mass is 9.93. The summed E-state index contributed by atoms with van der Waals surface area (Å²) >= 11 is 1.67. The topological polar surface area (TPSA) is 45.2 Å². The van der Waals surface area contributed by atoms with E-state index in [4.69, 9.17) is 0 Å². The van der Waals surface area contributed by atoms with E-state index in [-0.39, 0.29) is 11.4 Å². The molecule has 5 heteroatoms. The molecule has 2 aromatic rings. The summed E-state index contributed by atoms with van der Waals surface area (Å²) in [6.45, 7) is 12.1. The summed E-state index contributed by atoms with van der Waals surface area (Å²) in [6, 6.07) is 8.43. The summed E-state index contributed by atoms with van der Waals surface area (Å²) in [6.07, 6.45) is 0.767. The maximum atomic E-state index is 12.3. The average Bonchev–Trinajstić information content (AvgIpc) is 3.04. The van der Waals surface area contributed by atoms with Crippen LogP contribution in [0.25, 0.3) is 0 Å². The first-order valence-corrected chi connectivity index (χ1v) is 10.1. The maximum Gasteiger partial charge on any atom is 0.317 e. The van der Waals surface area contributed by atoms with E-state index in [0.29, 0.717) is 19.0 Å². The highest BCUT2D eigenvalue weighted by Crippen LogP contribution is 2.23. The number of benzene rings is 1. The molecule has 0 atom stereocenters. The number of hydrogen-bond acceptors (Lipinski definition) is 3. The second-order valence-electron chi connectivity index (χ2n) is 8.11. The molecule has 1 heterocycles. The third-order valence-corrected chi connectivity index (χ3v) is 5.26. The standard InChI is InChI=1S/C21H31N3OS/c1-15(2)17-9-7-16(8-10-17)13-24(6)20(25)22-12-11-19-23-18(14-26-19)21(3,4)5/h7-10,14-15H,11-13H2,1-6H3,(H,22,25). The number of amides is 2. The number of aromatic nitrogens is 1. The second-order valence-corrected chi connectivity index (χ2v) is 9.05. The van der Waals surface area contributed by atoms with Gasteiger partial charge in [-0.05, 0) is 17.0 Å². The molecule has 2 amide bonds. The Kier molecular flexibility index (Phi) is 6.81. The van der Waals surface area contributed by atoms with Crippen LogP contribution in [0.1, 0.15) is 62.4 Å². The van der Waals surface area contributed by atoms with Crippen molar-refractivity contribution in [2.24, 2.45) is 0 Å². The van der Waals surface area contributed by atoms with Crippen LogP contribution in [0.4, 0.5) is 4.79 Å². The fourth-order valence-electron chi connectivity index (χ4n) is 2.54. The smallest absolute Gasteiger partial charge is 0.317 e. The lowest BCUT2D eigenvalue weighted by Crippen LogP contribution is -2.37. The van der Waals surface area contributed by atoms with Crippen molar-refractivity contribution >= 4 is 17.4 Å². The molecule has 0 aliphatic carbocycles. The van der Waals surface area contributed by atoms with E-state index in [1.165, 1.54) is 5.56 Å². The Bertz CT molecular complexity index is 714. The Morgan fingerprint density at radius 3 is 2.42 bits per heavy atom. The van der Waals surface area contributed by atoms with Crippen molar-refractivity contribution in [2.75, 3.05) is 13.6 Å². The molecule has 1 N–H and O–H groups in total. The first-order chi connectivity index (χ1) is 12.2. The Balaban J connectivity index is 1.79. The minimum absolute atomic E-state index is 0.0504. The molecular weight excluding hydrogens is 342 g/mol. The molecule has 0 unspecified atom stereocenters. The van der Waals surface area contributed by atoms with Crippen LogP contribution < -0.4 is 5.32 Å². The molecule has 0 fully saturated rings. The highest BCUT2D eigenvalue weighted by atomic mass is 32.1. The van der Waals surface area contributed by atoms with Crippen LogP contribution >= 0.6 is 11.3 Å². The number of urea groups is 1. The van der Waals surface area contributed by atoms with Gasteiger partial charge in [-0.15, -0.1) is 11.3 Å². The zero-order chi connectivity index (χ0) is 19.3. The Morgan fingerprint density at radius 2 is 1.88 bits per heavy atom. The predicted octanol–water partition coefficient (Wildman–Crippen LogP) is 4.95. The van der Waals surface area contributed by atoms with Gasteiger partial charge in [-0.3, -0.25) is 0 Å². The molecular formula is C21H31N3OS. The van der Waals surface area contributed by atoms with Crippen LogP contribution in [-0.2, 0) is 18.4 Å². The summed E-state index contributed by atoms with van der Waals surface area (Å²) in [5.41, 5.74) is 3.65. The summed E-state index contributed by atoms with van der Waals surface area (Å²) in [4.78, 5) is 18.7. The van der Waals surface area contributed by atoms with Gasteiger partial charge in [-0.1, -0.05) is 58.9 Å². The molecule has 4 nitrogen and oxygen atoms in total. The molecule has 26 heavy (non-hydrogen) atoms. The van der Waals surface area contributed by atoms with Gasteiger partial charge >= 0.3 is 6.03 Å². The monoisotopic (exact) mass is 373 g/mol. The van der Waals surface area contributed by atoms with Crippen LogP contribution in [0.3, 0.4) is 0 Å². The van der Waals surface area contributed by atoms with Gasteiger partial charge in [0.25, 0.3) is 0 Å². The summed E-state index contributed by atoms with van der Waals surface area (Å²) < 4.78 is 0. The zero-order valence-corrected chi connectivity index (χ0v) is 17.6. The normalized spacial score (nSPS) is 11.7. The quantitative estimate of drug-likeness (QED) is 0.779. The van der Waals surface area contributed by atoms with Crippen molar-refractivity contribution in [3.63, 3.8) is 0 Å². The molecule has 1 aromatic carbocycles. The number of nitrogens with one attached hydrogen (secondary N) is 1. The van der Waals surface area contributed by atoms with Crippen molar-refractivity contribution in [1.29, 1.82) is 0 Å². The number of thiazole rings is 1. The average molecular weight is 374 g/mol. The Hall–Kier alpha value is -1.88. The van der Waals surface area contributed by atoms with Gasteiger partial charge < -0.3 is 10.2 Å². The molecule has 1 aromatic heterocycles. The Morgan fingerprint density at radius 1 is 1.23 bits per heavy atom. The van der Waals surface area contributed by atoms with Crippen LogP contribution in [-0.4, -0.2) is 29.5 Å². The highest BCUT2D eigenvalue weighted by molar-refractivity contribution is 7.09. The van der Waals surface area contributed by atoms with E-state index < -0.39 is 0 Å². The number of carbonyl (C=O) groups excluding carboxylic acids is 1. The van der Waals surface area contributed by atoms with Crippen molar-refractivity contribution in [2.45, 2.75) is 58.9 Å².